The van der Waals surface area contributed by atoms with E-state index in [4.69, 9.17) is 21.2 Å². The maximum atomic E-state index is 13.6. The molecule has 0 spiro atoms. The summed E-state index contributed by atoms with van der Waals surface area (Å²) in [6.45, 7) is 3.29. The molecule has 0 saturated heterocycles. The average Bonchev–Trinajstić information content (AvgIpc) is 3.34. The molecule has 1 aromatic heterocycles. The van der Waals surface area contributed by atoms with E-state index < -0.39 is 17.8 Å². The van der Waals surface area contributed by atoms with Crippen LogP contribution in [0, 0.1) is 12.7 Å². The molecule has 12 nitrogen and oxygen atoms in total. The molecule has 0 aliphatic heterocycles. The first-order chi connectivity index (χ1) is 19.5. The fourth-order valence-electron chi connectivity index (χ4n) is 4.35. The van der Waals surface area contributed by atoms with Crippen molar-refractivity contribution in [2.24, 2.45) is 11.6 Å². The van der Waals surface area contributed by atoms with Crippen molar-refractivity contribution >= 4 is 17.8 Å². The highest BCUT2D eigenvalue weighted by Crippen LogP contribution is 2.32. The first kappa shape index (κ1) is 29.0. The molecular weight excluding hydrogens is 533 g/mol. The number of benzene rings is 2. The third-order valence-electron chi connectivity index (χ3n) is 6.31. The Balaban J connectivity index is 1.56. The number of hydrogen-bond donors (Lipinski definition) is 4. The van der Waals surface area contributed by atoms with E-state index in [2.05, 4.69) is 20.6 Å². The van der Waals surface area contributed by atoms with Crippen LogP contribution in [0.25, 0.3) is 0 Å². The molecule has 1 aliphatic carbocycles. The predicted octanol–water partition coefficient (Wildman–Crippen LogP) is 2.35. The second kappa shape index (κ2) is 12.4. The number of fused-ring (bicyclic) bond motifs is 1. The normalized spacial score (nSPS) is 14.2. The van der Waals surface area contributed by atoms with Crippen molar-refractivity contribution in [2.75, 3.05) is 7.11 Å². The lowest BCUT2D eigenvalue weighted by Crippen LogP contribution is -2.33. The van der Waals surface area contributed by atoms with Gasteiger partial charge in [0.25, 0.3) is 11.8 Å². The van der Waals surface area contributed by atoms with E-state index in [0.717, 1.165) is 16.3 Å². The Morgan fingerprint density at radius 2 is 1.85 bits per heavy atom. The van der Waals surface area contributed by atoms with Crippen LogP contribution in [-0.2, 0) is 17.7 Å². The summed E-state index contributed by atoms with van der Waals surface area (Å²) < 4.78 is 18.4. The quantitative estimate of drug-likeness (QED) is 0.172. The number of hydroxylamine groups is 1. The Labute approximate surface area is 235 Å². The van der Waals surface area contributed by atoms with Gasteiger partial charge >= 0.3 is 12.0 Å². The van der Waals surface area contributed by atoms with Gasteiger partial charge in [-0.15, -0.1) is 5.17 Å². The fourth-order valence-corrected chi connectivity index (χ4v) is 4.35. The van der Waals surface area contributed by atoms with Gasteiger partial charge in [0, 0.05) is 18.3 Å². The number of ether oxygens (including phenoxy) is 1. The number of nitrogens with zero attached hydrogens (tertiary/aromatic N) is 3. The summed E-state index contributed by atoms with van der Waals surface area (Å²) in [4.78, 5) is 51.8. The number of amides is 2. The summed E-state index contributed by atoms with van der Waals surface area (Å²) in [6, 6.07) is 10.2. The molecular formula is C28H30FN7O5. The van der Waals surface area contributed by atoms with Gasteiger partial charge < -0.3 is 25.9 Å². The van der Waals surface area contributed by atoms with Crippen LogP contribution in [0.15, 0.2) is 54.4 Å². The number of nitrogens with one attached hydrogen (secondary N) is 2. The maximum absolute atomic E-state index is 13.6. The van der Waals surface area contributed by atoms with E-state index in [1.54, 1.807) is 44.2 Å². The van der Waals surface area contributed by atoms with Gasteiger partial charge in [-0.1, -0.05) is 18.2 Å². The number of carbonyl (C=O) groups is 3. The number of carbonyl (C=O) groups excluding carboxylic acids is 3. The number of aromatic nitrogens is 2. The highest BCUT2D eigenvalue weighted by atomic mass is 19.1. The molecule has 0 bridgehead atoms. The van der Waals surface area contributed by atoms with Crippen LogP contribution in [0.5, 0.6) is 6.01 Å². The van der Waals surface area contributed by atoms with Gasteiger partial charge in [-0.2, -0.15) is 9.97 Å². The third-order valence-corrected chi connectivity index (χ3v) is 6.31. The Hall–Kier alpha value is -5.04. The lowest BCUT2D eigenvalue weighted by molar-refractivity contribution is -0.0200. The largest absolute Gasteiger partial charge is 0.465 e. The van der Waals surface area contributed by atoms with Gasteiger partial charge in [-0.25, -0.2) is 15.0 Å². The van der Waals surface area contributed by atoms with Gasteiger partial charge in [0.05, 0.1) is 24.9 Å². The fraction of sp³-hybridized carbons (Fsp3) is 0.250. The van der Waals surface area contributed by atoms with Crippen molar-refractivity contribution in [3.8, 4) is 6.01 Å². The molecule has 1 aliphatic rings. The van der Waals surface area contributed by atoms with Gasteiger partial charge in [0.15, 0.2) is 0 Å². The number of allylic oxidation sites excluding steroid dienone is 1. The molecule has 0 radical (unpaired) electrons. The highest BCUT2D eigenvalue weighted by Gasteiger charge is 2.27. The Bertz CT molecular complexity index is 1520. The van der Waals surface area contributed by atoms with Crippen LogP contribution in [0.3, 0.4) is 0 Å². The minimum Gasteiger partial charge on any atom is -0.465 e. The van der Waals surface area contributed by atoms with Crippen LogP contribution in [0.4, 0.5) is 4.39 Å². The zero-order valence-electron chi connectivity index (χ0n) is 22.7. The van der Waals surface area contributed by atoms with Crippen molar-refractivity contribution in [1.82, 2.24) is 25.8 Å². The zero-order valence-corrected chi connectivity index (χ0v) is 22.7. The van der Waals surface area contributed by atoms with Gasteiger partial charge in [-0.3, -0.25) is 9.59 Å². The topological polar surface area (TPSA) is 175 Å². The summed E-state index contributed by atoms with van der Waals surface area (Å²) in [5.74, 6) is 3.76. The minimum absolute atomic E-state index is 0.0895. The SMILES string of the molecule is COC(=O)c1ccc2c(c1)CCC2NC(=O)c1cc(C(=O)NCc2ccc(F)c(C)c2)nc(ON(N)/C=C(/C)N)n1. The van der Waals surface area contributed by atoms with E-state index in [0.29, 0.717) is 35.2 Å². The van der Waals surface area contributed by atoms with E-state index in [1.165, 1.54) is 25.4 Å². The molecule has 0 fully saturated rings. The molecule has 1 heterocycles. The van der Waals surface area contributed by atoms with Crippen LogP contribution in [-0.4, -0.2) is 40.0 Å². The predicted molar refractivity (Wildman–Crippen MR) is 145 cm³/mol. The van der Waals surface area contributed by atoms with Crippen molar-refractivity contribution in [3.63, 3.8) is 0 Å². The van der Waals surface area contributed by atoms with Crippen molar-refractivity contribution in [3.05, 3.63) is 99.4 Å². The number of hydrogen-bond acceptors (Lipinski definition) is 10. The van der Waals surface area contributed by atoms with Crippen molar-refractivity contribution in [2.45, 2.75) is 39.3 Å². The third kappa shape index (κ3) is 7.13. The van der Waals surface area contributed by atoms with Gasteiger partial charge in [-0.05, 0) is 67.1 Å². The molecule has 13 heteroatoms. The minimum atomic E-state index is -0.621. The Kier molecular flexibility index (Phi) is 8.78. The zero-order chi connectivity index (χ0) is 29.7. The number of nitrogens with two attached hydrogens (primary N) is 2. The average molecular weight is 564 g/mol. The second-order valence-corrected chi connectivity index (χ2v) is 9.48. The molecule has 2 aromatic carbocycles. The van der Waals surface area contributed by atoms with Crippen LogP contribution < -0.4 is 27.0 Å². The Morgan fingerprint density at radius 1 is 1.12 bits per heavy atom. The first-order valence-corrected chi connectivity index (χ1v) is 12.6. The second-order valence-electron chi connectivity index (χ2n) is 9.48. The molecule has 214 valence electrons. The summed E-state index contributed by atoms with van der Waals surface area (Å²) in [6.07, 6.45) is 2.50. The number of esters is 1. The molecule has 1 unspecified atom stereocenters. The first-order valence-electron chi connectivity index (χ1n) is 12.6. The summed E-state index contributed by atoms with van der Waals surface area (Å²) in [7, 11) is 1.31. The summed E-state index contributed by atoms with van der Waals surface area (Å²) in [5, 5.41) is 6.36. The van der Waals surface area contributed by atoms with E-state index in [9.17, 15) is 18.8 Å². The number of rotatable bonds is 9. The smallest absolute Gasteiger partial charge is 0.346 e. The van der Waals surface area contributed by atoms with E-state index in [1.807, 2.05) is 0 Å². The highest BCUT2D eigenvalue weighted by molar-refractivity contribution is 5.97. The van der Waals surface area contributed by atoms with E-state index in [-0.39, 0.29) is 35.8 Å². The molecule has 0 saturated carbocycles. The molecule has 1 atom stereocenters. The van der Waals surface area contributed by atoms with Crippen molar-refractivity contribution < 1.29 is 28.3 Å². The van der Waals surface area contributed by atoms with Gasteiger partial charge in [0.2, 0.25) is 0 Å². The Morgan fingerprint density at radius 3 is 2.54 bits per heavy atom. The number of halogens is 1. The lowest BCUT2D eigenvalue weighted by Gasteiger charge is -2.16. The molecule has 41 heavy (non-hydrogen) atoms. The van der Waals surface area contributed by atoms with Crippen LogP contribution >= 0.6 is 0 Å². The van der Waals surface area contributed by atoms with Crippen molar-refractivity contribution in [1.29, 1.82) is 0 Å². The summed E-state index contributed by atoms with van der Waals surface area (Å²) >= 11 is 0. The lowest BCUT2D eigenvalue weighted by atomic mass is 10.0. The standard InChI is InChI=1S/C28H30FN7O5/c1-15-10-17(4-8-21(15)29)13-32-25(37)23-12-24(35-28(34-23)41-36(31)14-16(2)30)26(38)33-22-9-6-18-11-19(27(39)40-3)5-7-20(18)22/h4-5,7-8,10-12,14,22H,6,9,13,30-31H2,1-3H3,(H,32,37)(H,33,38)/b16-14-. The molecule has 2 amide bonds. The van der Waals surface area contributed by atoms with Crippen LogP contribution in [0.1, 0.15) is 73.0 Å². The molecule has 3 aromatic rings. The monoisotopic (exact) mass is 563 g/mol. The maximum Gasteiger partial charge on any atom is 0.346 e. The number of methoxy groups -OCH3 is 1. The van der Waals surface area contributed by atoms with Crippen LogP contribution in [0.2, 0.25) is 0 Å². The summed E-state index contributed by atoms with van der Waals surface area (Å²) in [5.41, 5.74) is 8.97. The van der Waals surface area contributed by atoms with E-state index >= 15 is 0 Å². The molecule has 4 rings (SSSR count). The van der Waals surface area contributed by atoms with Gasteiger partial charge in [0.1, 0.15) is 17.2 Å². The number of hydrazine groups is 1. The number of aryl methyl sites for hydroxylation is 2. The molecule has 6 N–H and O–H groups in total.